The number of methoxy groups -OCH3 is 3. The Morgan fingerprint density at radius 3 is 2.67 bits per heavy atom. The number of hydrogen-bond donors (Lipinski definition) is 0. The highest BCUT2D eigenvalue weighted by molar-refractivity contribution is 7.09. The molecular weight excluding hydrogens is 374 g/mol. The number of aromatic nitrogens is 3. The highest BCUT2D eigenvalue weighted by Crippen LogP contribution is 2.31. The third kappa shape index (κ3) is 4.41. The van der Waals surface area contributed by atoms with Gasteiger partial charge in [0.25, 0.3) is 5.89 Å². The van der Waals surface area contributed by atoms with Crippen molar-refractivity contribution in [2.45, 2.75) is 13.2 Å². The topological polar surface area (TPSA) is 106 Å². The molecule has 0 aliphatic carbocycles. The van der Waals surface area contributed by atoms with Crippen molar-refractivity contribution < 1.29 is 28.3 Å². The monoisotopic (exact) mass is 391 g/mol. The zero-order valence-electron chi connectivity index (χ0n) is 14.9. The Balaban J connectivity index is 1.64. The second-order valence-electron chi connectivity index (χ2n) is 5.22. The minimum atomic E-state index is -0.570. The van der Waals surface area contributed by atoms with Crippen molar-refractivity contribution in [1.29, 1.82) is 0 Å². The van der Waals surface area contributed by atoms with E-state index >= 15 is 0 Å². The molecular formula is C17H17N3O6S. The Morgan fingerprint density at radius 2 is 1.93 bits per heavy atom. The van der Waals surface area contributed by atoms with Gasteiger partial charge in [-0.1, -0.05) is 5.16 Å². The van der Waals surface area contributed by atoms with E-state index in [1.807, 2.05) is 0 Å². The number of ether oxygens (including phenoxy) is 4. The van der Waals surface area contributed by atoms with Crippen LogP contribution in [0.1, 0.15) is 21.4 Å². The van der Waals surface area contributed by atoms with Crippen molar-refractivity contribution in [2.24, 2.45) is 0 Å². The Kier molecular flexibility index (Phi) is 5.99. The fraction of sp³-hybridized carbons (Fsp3) is 0.294. The third-order valence-corrected chi connectivity index (χ3v) is 4.29. The van der Waals surface area contributed by atoms with Crippen LogP contribution >= 0.6 is 11.3 Å². The van der Waals surface area contributed by atoms with E-state index < -0.39 is 5.97 Å². The van der Waals surface area contributed by atoms with E-state index in [9.17, 15) is 4.79 Å². The summed E-state index contributed by atoms with van der Waals surface area (Å²) in [6, 6.07) is 5.24. The van der Waals surface area contributed by atoms with Gasteiger partial charge in [0, 0.05) is 18.1 Å². The quantitative estimate of drug-likeness (QED) is 0.536. The molecule has 10 heteroatoms. The SMILES string of the molecule is COCc1nc(C(=O)OCc2nc(-c3ccc(OC)c(OC)c3)no2)cs1. The predicted octanol–water partition coefficient (Wildman–Crippen LogP) is 2.71. The molecule has 0 saturated carbocycles. The summed E-state index contributed by atoms with van der Waals surface area (Å²) in [5.74, 6) is 1.08. The first-order valence-electron chi connectivity index (χ1n) is 7.80. The Morgan fingerprint density at radius 1 is 1.11 bits per heavy atom. The summed E-state index contributed by atoms with van der Waals surface area (Å²) in [6.07, 6.45) is 0. The maximum atomic E-state index is 12.0. The number of thiazole rings is 1. The van der Waals surface area contributed by atoms with Crippen molar-refractivity contribution in [3.05, 3.63) is 40.2 Å². The van der Waals surface area contributed by atoms with Crippen LogP contribution in [-0.2, 0) is 22.7 Å². The average Bonchev–Trinajstić information content (AvgIpc) is 3.35. The van der Waals surface area contributed by atoms with Crippen LogP contribution in [0.5, 0.6) is 11.5 Å². The third-order valence-electron chi connectivity index (χ3n) is 3.47. The first kappa shape index (κ1) is 18.8. The molecule has 0 aliphatic rings. The molecule has 0 aliphatic heterocycles. The predicted molar refractivity (Wildman–Crippen MR) is 94.8 cm³/mol. The summed E-state index contributed by atoms with van der Waals surface area (Å²) in [4.78, 5) is 20.4. The van der Waals surface area contributed by atoms with Crippen molar-refractivity contribution in [3.8, 4) is 22.9 Å². The molecule has 3 rings (SSSR count). The molecule has 1 aromatic carbocycles. The first-order valence-corrected chi connectivity index (χ1v) is 8.68. The molecule has 0 radical (unpaired) electrons. The van der Waals surface area contributed by atoms with Gasteiger partial charge in [-0.2, -0.15) is 4.98 Å². The van der Waals surface area contributed by atoms with Gasteiger partial charge in [0.2, 0.25) is 5.82 Å². The Hall–Kier alpha value is -2.98. The smallest absolute Gasteiger partial charge is 0.358 e. The molecule has 0 bridgehead atoms. The van der Waals surface area contributed by atoms with E-state index in [-0.39, 0.29) is 18.2 Å². The van der Waals surface area contributed by atoms with Gasteiger partial charge in [-0.15, -0.1) is 11.3 Å². The van der Waals surface area contributed by atoms with Gasteiger partial charge in [-0.25, -0.2) is 9.78 Å². The van der Waals surface area contributed by atoms with Crippen LogP contribution in [0.4, 0.5) is 0 Å². The summed E-state index contributed by atoms with van der Waals surface area (Å²) in [6.45, 7) is 0.187. The standard InChI is InChI=1S/C17H17N3O6S/c1-22-8-15-18-11(9-27-15)17(21)25-7-14-19-16(20-26-14)10-4-5-12(23-2)13(6-10)24-3/h4-6,9H,7-8H2,1-3H3. The van der Waals surface area contributed by atoms with E-state index in [4.69, 9.17) is 23.5 Å². The average molecular weight is 391 g/mol. The number of carbonyl (C=O) groups excluding carboxylic acids is 1. The highest BCUT2D eigenvalue weighted by Gasteiger charge is 2.16. The van der Waals surface area contributed by atoms with Gasteiger partial charge in [-0.05, 0) is 18.2 Å². The highest BCUT2D eigenvalue weighted by atomic mass is 32.1. The first-order chi connectivity index (χ1) is 13.1. The summed E-state index contributed by atoms with van der Waals surface area (Å²) in [5, 5.41) is 6.20. The Labute approximate surface area is 158 Å². The normalized spacial score (nSPS) is 10.6. The van der Waals surface area contributed by atoms with E-state index in [1.165, 1.54) is 11.3 Å². The molecule has 3 aromatic rings. The fourth-order valence-electron chi connectivity index (χ4n) is 2.20. The van der Waals surface area contributed by atoms with E-state index in [1.54, 1.807) is 44.9 Å². The fourth-order valence-corrected chi connectivity index (χ4v) is 2.94. The van der Waals surface area contributed by atoms with Crippen LogP contribution in [-0.4, -0.2) is 42.4 Å². The van der Waals surface area contributed by atoms with Crippen molar-refractivity contribution >= 4 is 17.3 Å². The van der Waals surface area contributed by atoms with E-state index in [0.717, 1.165) is 0 Å². The van der Waals surface area contributed by atoms with Gasteiger partial charge < -0.3 is 23.5 Å². The number of benzene rings is 1. The van der Waals surface area contributed by atoms with Gasteiger partial charge in [0.15, 0.2) is 23.8 Å². The lowest BCUT2D eigenvalue weighted by Gasteiger charge is -2.07. The van der Waals surface area contributed by atoms with Crippen LogP contribution in [0.3, 0.4) is 0 Å². The maximum absolute atomic E-state index is 12.0. The molecule has 0 spiro atoms. The van der Waals surface area contributed by atoms with Gasteiger partial charge in [-0.3, -0.25) is 0 Å². The lowest BCUT2D eigenvalue weighted by Crippen LogP contribution is -2.06. The number of carbonyl (C=O) groups is 1. The maximum Gasteiger partial charge on any atom is 0.358 e. The van der Waals surface area contributed by atoms with Crippen LogP contribution in [0.2, 0.25) is 0 Å². The van der Waals surface area contributed by atoms with Crippen LogP contribution in [0.15, 0.2) is 28.1 Å². The minimum absolute atomic E-state index is 0.156. The molecule has 0 N–H and O–H groups in total. The zero-order valence-corrected chi connectivity index (χ0v) is 15.7. The minimum Gasteiger partial charge on any atom is -0.493 e. The molecule has 0 unspecified atom stereocenters. The lowest BCUT2D eigenvalue weighted by atomic mass is 10.2. The molecule has 142 valence electrons. The molecule has 2 aromatic heterocycles. The summed E-state index contributed by atoms with van der Waals surface area (Å²) in [7, 11) is 4.66. The van der Waals surface area contributed by atoms with Crippen LogP contribution < -0.4 is 9.47 Å². The molecule has 0 atom stereocenters. The molecule has 0 fully saturated rings. The zero-order chi connectivity index (χ0) is 19.2. The van der Waals surface area contributed by atoms with Crippen molar-refractivity contribution in [1.82, 2.24) is 15.1 Å². The Bertz CT molecular complexity index is 923. The van der Waals surface area contributed by atoms with Gasteiger partial charge in [0.1, 0.15) is 5.01 Å². The van der Waals surface area contributed by atoms with E-state index in [2.05, 4.69) is 15.1 Å². The van der Waals surface area contributed by atoms with Gasteiger partial charge >= 0.3 is 5.97 Å². The van der Waals surface area contributed by atoms with E-state index in [0.29, 0.717) is 34.5 Å². The number of nitrogens with zero attached hydrogens (tertiary/aromatic N) is 3. The van der Waals surface area contributed by atoms with Crippen LogP contribution in [0.25, 0.3) is 11.4 Å². The second kappa shape index (κ2) is 8.60. The summed E-state index contributed by atoms with van der Waals surface area (Å²) >= 11 is 1.32. The molecule has 27 heavy (non-hydrogen) atoms. The summed E-state index contributed by atoms with van der Waals surface area (Å²) < 4.78 is 25.7. The molecule has 0 amide bonds. The second-order valence-corrected chi connectivity index (χ2v) is 6.16. The lowest BCUT2D eigenvalue weighted by molar-refractivity contribution is 0.0423. The largest absolute Gasteiger partial charge is 0.493 e. The molecule has 0 saturated heterocycles. The number of esters is 1. The van der Waals surface area contributed by atoms with Gasteiger partial charge in [0.05, 0.1) is 20.8 Å². The number of rotatable bonds is 8. The van der Waals surface area contributed by atoms with Crippen molar-refractivity contribution in [2.75, 3.05) is 21.3 Å². The van der Waals surface area contributed by atoms with Crippen LogP contribution in [0, 0.1) is 0 Å². The van der Waals surface area contributed by atoms with Crippen molar-refractivity contribution in [3.63, 3.8) is 0 Å². The molecule has 9 nitrogen and oxygen atoms in total. The summed E-state index contributed by atoms with van der Waals surface area (Å²) in [5.41, 5.74) is 0.893. The molecule has 2 heterocycles. The number of hydrogen-bond acceptors (Lipinski definition) is 10.